The van der Waals surface area contributed by atoms with Crippen molar-refractivity contribution in [3.05, 3.63) is 88.0 Å². The fraction of sp³-hybridized carbons (Fsp3) is 0.182. The number of aromatic nitrogens is 2. The number of rotatable bonds is 7. The Morgan fingerprint density at radius 3 is 2.32 bits per heavy atom. The van der Waals surface area contributed by atoms with E-state index in [0.717, 1.165) is 9.87 Å². The van der Waals surface area contributed by atoms with Crippen LogP contribution in [0.3, 0.4) is 0 Å². The molecular weight excluding hydrogens is 441 g/mol. The molecule has 0 spiro atoms. The van der Waals surface area contributed by atoms with E-state index in [1.807, 2.05) is 0 Å². The molecule has 0 N–H and O–H groups in total. The Hall–Kier alpha value is -2.81. The van der Waals surface area contributed by atoms with Crippen molar-refractivity contribution in [1.29, 1.82) is 0 Å². The van der Waals surface area contributed by atoms with E-state index in [1.165, 1.54) is 56.6 Å². The number of carbonyl (C=O) groups is 1. The fourth-order valence-electron chi connectivity index (χ4n) is 2.88. The highest BCUT2D eigenvalue weighted by Crippen LogP contribution is 2.23. The van der Waals surface area contributed by atoms with Gasteiger partial charge in [-0.25, -0.2) is 21.8 Å². The predicted molar refractivity (Wildman–Crippen MR) is 118 cm³/mol. The van der Waals surface area contributed by atoms with Crippen molar-refractivity contribution in [2.75, 3.05) is 14.1 Å². The molecule has 0 aliphatic heterocycles. The molecule has 0 unspecified atom stereocenters. The van der Waals surface area contributed by atoms with E-state index in [0.29, 0.717) is 28.5 Å². The van der Waals surface area contributed by atoms with E-state index in [2.05, 4.69) is 5.10 Å². The summed E-state index contributed by atoms with van der Waals surface area (Å²) in [6.45, 7) is 2.14. The van der Waals surface area contributed by atoms with Crippen molar-refractivity contribution in [1.82, 2.24) is 14.1 Å². The van der Waals surface area contributed by atoms with Crippen molar-refractivity contribution in [2.24, 2.45) is 0 Å². The third-order valence-electron chi connectivity index (χ3n) is 4.67. The van der Waals surface area contributed by atoms with Crippen molar-refractivity contribution in [3.8, 4) is 0 Å². The van der Waals surface area contributed by atoms with Crippen LogP contribution in [0.4, 0.5) is 4.39 Å². The largest absolute Gasteiger partial charge is 0.289 e. The van der Waals surface area contributed by atoms with Crippen LogP contribution in [0, 0.1) is 12.7 Å². The second kappa shape index (κ2) is 9.13. The Morgan fingerprint density at radius 1 is 1.13 bits per heavy atom. The highest BCUT2D eigenvalue weighted by Gasteiger charge is 2.17. The third-order valence-corrected chi connectivity index (χ3v) is 6.90. The lowest BCUT2D eigenvalue weighted by Crippen LogP contribution is -2.22. The fourth-order valence-corrected chi connectivity index (χ4v) is 4.08. The monoisotopic (exact) mass is 461 g/mol. The van der Waals surface area contributed by atoms with Gasteiger partial charge in [0.05, 0.1) is 17.1 Å². The molecule has 31 heavy (non-hydrogen) atoms. The van der Waals surface area contributed by atoms with Crippen LogP contribution in [0.2, 0.25) is 5.15 Å². The number of hydrogen-bond acceptors (Lipinski definition) is 4. The molecular formula is C22H21ClFN3O3S. The summed E-state index contributed by atoms with van der Waals surface area (Å²) in [5.74, 6) is -0.614. The topological polar surface area (TPSA) is 72.3 Å². The Labute approximate surface area is 185 Å². The molecule has 0 aliphatic rings. The van der Waals surface area contributed by atoms with Crippen LogP contribution in [0.25, 0.3) is 6.08 Å². The number of sulfonamides is 1. The molecule has 9 heteroatoms. The molecule has 0 saturated carbocycles. The van der Waals surface area contributed by atoms with Gasteiger partial charge >= 0.3 is 0 Å². The van der Waals surface area contributed by atoms with Crippen LogP contribution in [-0.4, -0.2) is 42.4 Å². The van der Waals surface area contributed by atoms with Gasteiger partial charge in [0.25, 0.3) is 0 Å². The van der Waals surface area contributed by atoms with E-state index >= 15 is 0 Å². The second-order valence-corrected chi connectivity index (χ2v) is 9.59. The van der Waals surface area contributed by atoms with Gasteiger partial charge in [0.2, 0.25) is 10.0 Å². The van der Waals surface area contributed by atoms with Gasteiger partial charge in [-0.15, -0.1) is 0 Å². The van der Waals surface area contributed by atoms with Gasteiger partial charge in [-0.2, -0.15) is 5.10 Å². The van der Waals surface area contributed by atoms with Gasteiger partial charge in [0.15, 0.2) is 5.78 Å². The van der Waals surface area contributed by atoms with Gasteiger partial charge < -0.3 is 0 Å². The first-order valence-corrected chi connectivity index (χ1v) is 11.1. The molecule has 0 saturated heterocycles. The minimum absolute atomic E-state index is 0.110. The van der Waals surface area contributed by atoms with Crippen molar-refractivity contribution < 1.29 is 17.6 Å². The zero-order chi connectivity index (χ0) is 22.8. The number of benzene rings is 2. The van der Waals surface area contributed by atoms with Crippen LogP contribution >= 0.6 is 11.6 Å². The van der Waals surface area contributed by atoms with E-state index < -0.39 is 10.0 Å². The molecule has 0 bridgehead atoms. The van der Waals surface area contributed by atoms with Crippen LogP contribution < -0.4 is 0 Å². The average Bonchev–Trinajstić information content (AvgIpc) is 3.00. The molecule has 162 valence electrons. The summed E-state index contributed by atoms with van der Waals surface area (Å²) in [6, 6.07) is 11.8. The summed E-state index contributed by atoms with van der Waals surface area (Å²) >= 11 is 6.43. The van der Waals surface area contributed by atoms with Gasteiger partial charge in [0.1, 0.15) is 11.0 Å². The van der Waals surface area contributed by atoms with Gasteiger partial charge in [-0.1, -0.05) is 23.7 Å². The minimum Gasteiger partial charge on any atom is -0.289 e. The molecule has 6 nitrogen and oxygen atoms in total. The van der Waals surface area contributed by atoms with E-state index in [1.54, 1.807) is 29.8 Å². The Kier molecular flexibility index (Phi) is 6.74. The highest BCUT2D eigenvalue weighted by molar-refractivity contribution is 7.89. The quantitative estimate of drug-likeness (QED) is 0.391. The summed E-state index contributed by atoms with van der Waals surface area (Å²) in [4.78, 5) is 12.6. The normalized spacial score (nSPS) is 12.1. The molecule has 0 atom stereocenters. The summed E-state index contributed by atoms with van der Waals surface area (Å²) in [6.07, 6.45) is 2.95. The third kappa shape index (κ3) is 5.10. The summed E-state index contributed by atoms with van der Waals surface area (Å²) in [5.41, 5.74) is 2.43. The van der Waals surface area contributed by atoms with Crippen molar-refractivity contribution in [2.45, 2.75) is 18.4 Å². The van der Waals surface area contributed by atoms with E-state index in [9.17, 15) is 17.6 Å². The van der Waals surface area contributed by atoms with Gasteiger partial charge in [-0.3, -0.25) is 4.79 Å². The van der Waals surface area contributed by atoms with Crippen LogP contribution in [-0.2, 0) is 16.6 Å². The number of nitrogens with zero attached hydrogens (tertiary/aromatic N) is 3. The van der Waals surface area contributed by atoms with Gasteiger partial charge in [0, 0.05) is 25.2 Å². The van der Waals surface area contributed by atoms with Crippen molar-refractivity contribution in [3.63, 3.8) is 0 Å². The lowest BCUT2D eigenvalue weighted by atomic mass is 10.1. The first-order valence-electron chi connectivity index (χ1n) is 9.32. The molecule has 1 heterocycles. The van der Waals surface area contributed by atoms with E-state index in [-0.39, 0.29) is 16.5 Å². The standard InChI is InChI=1S/C22H21ClFN3O3S/c1-15-20(22(23)27(25-15)14-16-4-8-18(24)9-5-16)12-13-21(28)17-6-10-19(11-7-17)31(29,30)26(2)3/h4-13H,14H2,1-3H3/b13-12+. The maximum absolute atomic E-state index is 13.1. The first-order chi connectivity index (χ1) is 14.6. The number of aryl methyl sites for hydroxylation is 1. The lowest BCUT2D eigenvalue weighted by Gasteiger charge is -2.11. The minimum atomic E-state index is -3.56. The molecule has 0 fully saturated rings. The number of ketones is 1. The zero-order valence-electron chi connectivity index (χ0n) is 17.2. The summed E-state index contributed by atoms with van der Waals surface area (Å²) < 4.78 is 40.0. The smallest absolute Gasteiger partial charge is 0.242 e. The molecule has 1 aromatic heterocycles. The maximum atomic E-state index is 13.1. The molecule has 2 aromatic carbocycles. The summed E-state index contributed by atoms with van der Waals surface area (Å²) in [5, 5.41) is 4.75. The highest BCUT2D eigenvalue weighted by atomic mass is 35.5. The molecule has 0 amide bonds. The Bertz CT molecular complexity index is 1230. The van der Waals surface area contributed by atoms with Crippen LogP contribution in [0.1, 0.15) is 27.2 Å². The average molecular weight is 462 g/mol. The zero-order valence-corrected chi connectivity index (χ0v) is 18.8. The predicted octanol–water partition coefficient (Wildman–Crippen LogP) is 4.18. The van der Waals surface area contributed by atoms with Crippen LogP contribution in [0.15, 0.2) is 59.5 Å². The van der Waals surface area contributed by atoms with E-state index in [4.69, 9.17) is 11.6 Å². The first kappa shape index (κ1) is 22.9. The molecule has 3 rings (SSSR count). The number of carbonyl (C=O) groups excluding carboxylic acids is 1. The second-order valence-electron chi connectivity index (χ2n) is 7.08. The lowest BCUT2D eigenvalue weighted by molar-refractivity contribution is 0.104. The maximum Gasteiger partial charge on any atom is 0.242 e. The Balaban J connectivity index is 1.78. The number of halogens is 2. The molecule has 0 aliphatic carbocycles. The number of allylic oxidation sites excluding steroid dienone is 1. The van der Waals surface area contributed by atoms with Crippen LogP contribution in [0.5, 0.6) is 0 Å². The molecule has 3 aromatic rings. The number of hydrogen-bond donors (Lipinski definition) is 0. The van der Waals surface area contributed by atoms with Crippen molar-refractivity contribution >= 4 is 33.5 Å². The SMILES string of the molecule is Cc1nn(Cc2ccc(F)cc2)c(Cl)c1/C=C/C(=O)c1ccc(S(=O)(=O)N(C)C)cc1. The summed E-state index contributed by atoms with van der Waals surface area (Å²) in [7, 11) is -0.669. The Morgan fingerprint density at radius 2 is 1.74 bits per heavy atom. The van der Waals surface area contributed by atoms with Gasteiger partial charge in [-0.05, 0) is 61.0 Å². The molecule has 0 radical (unpaired) electrons.